The van der Waals surface area contributed by atoms with Gasteiger partial charge in [-0.15, -0.1) is 0 Å². The Morgan fingerprint density at radius 2 is 2.00 bits per heavy atom. The summed E-state index contributed by atoms with van der Waals surface area (Å²) in [4.78, 5) is 4.67. The van der Waals surface area contributed by atoms with E-state index in [2.05, 4.69) is 16.4 Å². The number of nitriles is 1. The summed E-state index contributed by atoms with van der Waals surface area (Å²) in [7, 11) is 0. The minimum atomic E-state index is -0.167. The van der Waals surface area contributed by atoms with E-state index in [-0.39, 0.29) is 6.10 Å². The van der Waals surface area contributed by atoms with Crippen LogP contribution in [0.1, 0.15) is 36.8 Å². The molecule has 0 radical (unpaired) electrons. The zero-order valence-corrected chi connectivity index (χ0v) is 13.7. The fourth-order valence-electron chi connectivity index (χ4n) is 3.63. The number of aromatic nitrogens is 2. The summed E-state index contributed by atoms with van der Waals surface area (Å²) < 4.78 is 2.05. The fraction of sp³-hybridized carbons (Fsp3) is 0.368. The molecule has 1 aliphatic rings. The number of pyridine rings is 1. The predicted molar refractivity (Wildman–Crippen MR) is 94.0 cm³/mol. The van der Waals surface area contributed by atoms with Crippen LogP contribution < -0.4 is 5.32 Å². The molecule has 2 aromatic heterocycles. The van der Waals surface area contributed by atoms with Gasteiger partial charge in [-0.1, -0.05) is 12.1 Å². The summed E-state index contributed by atoms with van der Waals surface area (Å²) in [5.41, 5.74) is 4.15. The molecule has 0 unspecified atom stereocenters. The number of nitrogens with zero attached hydrogens (tertiary/aromatic N) is 3. The molecule has 2 N–H and O–H groups in total. The maximum absolute atomic E-state index is 9.71. The van der Waals surface area contributed by atoms with Crippen molar-refractivity contribution in [3.05, 3.63) is 41.5 Å². The van der Waals surface area contributed by atoms with Crippen LogP contribution >= 0.6 is 0 Å². The van der Waals surface area contributed by atoms with Crippen molar-refractivity contribution < 1.29 is 5.11 Å². The first-order valence-corrected chi connectivity index (χ1v) is 8.43. The molecule has 5 heteroatoms. The number of hydrogen-bond donors (Lipinski definition) is 2. The lowest BCUT2D eigenvalue weighted by atomic mass is 9.93. The minimum Gasteiger partial charge on any atom is -0.393 e. The number of nitrogens with one attached hydrogen (secondary N) is 1. The summed E-state index contributed by atoms with van der Waals surface area (Å²) in [6.07, 6.45) is 3.41. The van der Waals surface area contributed by atoms with Crippen molar-refractivity contribution in [1.29, 1.82) is 5.26 Å². The Hall–Kier alpha value is -2.58. The number of anilines is 1. The lowest BCUT2D eigenvalue weighted by molar-refractivity contribution is 0.126. The maximum atomic E-state index is 9.71. The van der Waals surface area contributed by atoms with Crippen LogP contribution in [-0.4, -0.2) is 26.6 Å². The van der Waals surface area contributed by atoms with Gasteiger partial charge in [0.15, 0.2) is 5.65 Å². The van der Waals surface area contributed by atoms with E-state index in [0.29, 0.717) is 17.3 Å². The van der Waals surface area contributed by atoms with E-state index in [9.17, 15) is 10.4 Å². The molecule has 24 heavy (non-hydrogen) atoms. The normalized spacial score (nSPS) is 21.0. The van der Waals surface area contributed by atoms with Crippen LogP contribution in [0, 0.1) is 18.3 Å². The van der Waals surface area contributed by atoms with Crippen molar-refractivity contribution in [2.75, 3.05) is 5.32 Å². The lowest BCUT2D eigenvalue weighted by Gasteiger charge is -2.27. The predicted octanol–water partition coefficient (Wildman–Crippen LogP) is 3.38. The molecular weight excluding hydrogens is 300 g/mol. The number of rotatable bonds is 2. The van der Waals surface area contributed by atoms with Crippen molar-refractivity contribution in [2.24, 2.45) is 0 Å². The Kier molecular flexibility index (Phi) is 3.62. The number of fused-ring (bicyclic) bond motifs is 3. The number of aliphatic hydroxyl groups excluding tert-OH is 1. The average molecular weight is 320 g/mol. The van der Waals surface area contributed by atoms with Gasteiger partial charge in [0, 0.05) is 6.04 Å². The van der Waals surface area contributed by atoms with Gasteiger partial charge < -0.3 is 10.4 Å². The Balaban J connectivity index is 1.87. The summed E-state index contributed by atoms with van der Waals surface area (Å²) in [6, 6.07) is 12.6. The average Bonchev–Trinajstić information content (AvgIpc) is 2.96. The van der Waals surface area contributed by atoms with Gasteiger partial charge in [0.2, 0.25) is 0 Å². The largest absolute Gasteiger partial charge is 0.393 e. The highest BCUT2D eigenvalue weighted by Crippen LogP contribution is 2.29. The van der Waals surface area contributed by atoms with Crippen LogP contribution in [0.25, 0.3) is 16.7 Å². The number of aryl methyl sites for hydroxylation is 1. The van der Waals surface area contributed by atoms with Crippen molar-refractivity contribution >= 4 is 22.5 Å². The SMILES string of the molecule is Cc1cc(NC2CCC(O)CC2)n2c(nc3ccccc32)c1C#N. The first-order chi connectivity index (χ1) is 11.7. The monoisotopic (exact) mass is 320 g/mol. The maximum Gasteiger partial charge on any atom is 0.157 e. The molecule has 0 atom stereocenters. The topological polar surface area (TPSA) is 73.3 Å². The van der Waals surface area contributed by atoms with Crippen molar-refractivity contribution in [1.82, 2.24) is 9.38 Å². The Bertz CT molecular complexity index is 945. The minimum absolute atomic E-state index is 0.167. The van der Waals surface area contributed by atoms with E-state index in [1.807, 2.05) is 41.7 Å². The molecule has 0 amide bonds. The Labute approximate surface area is 140 Å². The number of imidazole rings is 1. The first kappa shape index (κ1) is 15.0. The van der Waals surface area contributed by atoms with Crippen LogP contribution in [0.15, 0.2) is 30.3 Å². The molecule has 1 aliphatic carbocycles. The highest BCUT2D eigenvalue weighted by atomic mass is 16.3. The van der Waals surface area contributed by atoms with Crippen LogP contribution in [-0.2, 0) is 0 Å². The van der Waals surface area contributed by atoms with E-state index >= 15 is 0 Å². The van der Waals surface area contributed by atoms with Crippen molar-refractivity contribution in [2.45, 2.75) is 44.8 Å². The van der Waals surface area contributed by atoms with Gasteiger partial charge in [0.05, 0.1) is 22.7 Å². The molecule has 3 aromatic rings. The van der Waals surface area contributed by atoms with E-state index in [1.54, 1.807) is 0 Å². The highest BCUT2D eigenvalue weighted by molar-refractivity contribution is 5.85. The molecule has 122 valence electrons. The Morgan fingerprint density at radius 1 is 1.25 bits per heavy atom. The van der Waals surface area contributed by atoms with Crippen molar-refractivity contribution in [3.63, 3.8) is 0 Å². The van der Waals surface area contributed by atoms with Gasteiger partial charge in [0.1, 0.15) is 11.9 Å². The van der Waals surface area contributed by atoms with Gasteiger partial charge in [0.25, 0.3) is 0 Å². The molecule has 4 rings (SSSR count). The van der Waals surface area contributed by atoms with E-state index in [0.717, 1.165) is 48.1 Å². The number of para-hydroxylation sites is 2. The second-order valence-electron chi connectivity index (χ2n) is 6.61. The van der Waals surface area contributed by atoms with Gasteiger partial charge in [-0.05, 0) is 56.4 Å². The van der Waals surface area contributed by atoms with E-state index in [4.69, 9.17) is 0 Å². The fourth-order valence-corrected chi connectivity index (χ4v) is 3.63. The zero-order chi connectivity index (χ0) is 16.7. The van der Waals surface area contributed by atoms with Gasteiger partial charge in [-0.3, -0.25) is 4.40 Å². The van der Waals surface area contributed by atoms with Gasteiger partial charge in [-0.2, -0.15) is 5.26 Å². The third-order valence-corrected chi connectivity index (χ3v) is 4.93. The lowest BCUT2D eigenvalue weighted by Crippen LogP contribution is -2.29. The summed E-state index contributed by atoms with van der Waals surface area (Å²) >= 11 is 0. The van der Waals surface area contributed by atoms with Gasteiger partial charge >= 0.3 is 0 Å². The molecule has 0 bridgehead atoms. The molecule has 1 saturated carbocycles. The summed E-state index contributed by atoms with van der Waals surface area (Å²) in [5, 5.41) is 22.9. The standard InChI is InChI=1S/C19H20N4O/c1-12-10-18(21-13-6-8-14(24)9-7-13)23-17-5-3-2-4-16(17)22-19(23)15(12)11-20/h2-5,10,13-14,21,24H,6-9H2,1H3. The third-order valence-electron chi connectivity index (χ3n) is 4.93. The van der Waals surface area contributed by atoms with E-state index < -0.39 is 0 Å². The molecule has 0 saturated heterocycles. The molecule has 5 nitrogen and oxygen atoms in total. The number of hydrogen-bond acceptors (Lipinski definition) is 4. The second-order valence-corrected chi connectivity index (χ2v) is 6.61. The van der Waals surface area contributed by atoms with E-state index in [1.165, 1.54) is 0 Å². The number of benzene rings is 1. The van der Waals surface area contributed by atoms with Crippen LogP contribution in [0.5, 0.6) is 0 Å². The van der Waals surface area contributed by atoms with Crippen molar-refractivity contribution in [3.8, 4) is 6.07 Å². The Morgan fingerprint density at radius 3 is 2.75 bits per heavy atom. The third kappa shape index (κ3) is 2.40. The quantitative estimate of drug-likeness (QED) is 0.759. The zero-order valence-electron chi connectivity index (χ0n) is 13.7. The molecule has 0 aliphatic heterocycles. The molecule has 2 heterocycles. The first-order valence-electron chi connectivity index (χ1n) is 8.43. The van der Waals surface area contributed by atoms with Crippen LogP contribution in [0.4, 0.5) is 5.82 Å². The van der Waals surface area contributed by atoms with Gasteiger partial charge in [-0.25, -0.2) is 4.98 Å². The highest BCUT2D eigenvalue weighted by Gasteiger charge is 2.21. The second kappa shape index (κ2) is 5.81. The molecule has 1 fully saturated rings. The summed E-state index contributed by atoms with van der Waals surface area (Å²) in [6.45, 7) is 1.95. The molecule has 1 aromatic carbocycles. The van der Waals surface area contributed by atoms with Crippen LogP contribution in [0.2, 0.25) is 0 Å². The number of aliphatic hydroxyl groups is 1. The molecular formula is C19H20N4O. The van der Waals surface area contributed by atoms with Crippen LogP contribution in [0.3, 0.4) is 0 Å². The smallest absolute Gasteiger partial charge is 0.157 e. The molecule has 0 spiro atoms. The summed E-state index contributed by atoms with van der Waals surface area (Å²) in [5.74, 6) is 0.969.